The van der Waals surface area contributed by atoms with Crippen molar-refractivity contribution in [3.63, 3.8) is 0 Å². The normalized spacial score (nSPS) is 35.1. The molecule has 4 bridgehead atoms. The number of nitrogens with zero attached hydrogens (tertiary/aromatic N) is 1. The molecule has 5 atom stereocenters. The average molecular weight is 311 g/mol. The minimum Gasteiger partial charge on any atom is -0.497 e. The van der Waals surface area contributed by atoms with Gasteiger partial charge in [0.25, 0.3) is 0 Å². The largest absolute Gasteiger partial charge is 0.497 e. The molecule has 0 spiro atoms. The molecule has 2 aromatic rings. The second-order valence-electron chi connectivity index (χ2n) is 7.65. The van der Waals surface area contributed by atoms with E-state index in [2.05, 4.69) is 24.0 Å². The third-order valence-corrected chi connectivity index (χ3v) is 6.57. The van der Waals surface area contributed by atoms with Crippen LogP contribution in [0.4, 0.5) is 0 Å². The Hall–Kier alpha value is -1.48. The van der Waals surface area contributed by atoms with Gasteiger partial charge in [-0.2, -0.15) is 0 Å². The molecule has 4 aliphatic rings. The van der Waals surface area contributed by atoms with Crippen LogP contribution in [0, 0.1) is 11.8 Å². The summed E-state index contributed by atoms with van der Waals surface area (Å²) >= 11 is 0. The predicted molar refractivity (Wildman–Crippen MR) is 91.1 cm³/mol. The zero-order valence-electron chi connectivity index (χ0n) is 14.0. The van der Waals surface area contributed by atoms with Crippen molar-refractivity contribution in [2.75, 3.05) is 20.2 Å². The summed E-state index contributed by atoms with van der Waals surface area (Å²) in [5.74, 6) is 4.54. The maximum absolute atomic E-state index is 6.42. The van der Waals surface area contributed by atoms with E-state index in [0.717, 1.165) is 29.6 Å². The highest BCUT2D eigenvalue weighted by atomic mass is 16.5. The van der Waals surface area contributed by atoms with E-state index in [1.807, 2.05) is 6.07 Å². The van der Waals surface area contributed by atoms with Crippen LogP contribution in [0.25, 0.3) is 11.0 Å². The van der Waals surface area contributed by atoms with E-state index in [-0.39, 0.29) is 0 Å². The summed E-state index contributed by atoms with van der Waals surface area (Å²) in [4.78, 5) is 2.78. The van der Waals surface area contributed by atoms with Gasteiger partial charge in [-0.3, -0.25) is 4.90 Å². The first-order valence-electron chi connectivity index (χ1n) is 9.11. The average Bonchev–Trinajstić information content (AvgIpc) is 2.92. The van der Waals surface area contributed by atoms with E-state index in [9.17, 15) is 0 Å². The number of fused-ring (bicyclic) bond motifs is 4. The molecule has 0 N–H and O–H groups in total. The third-order valence-electron chi connectivity index (χ3n) is 6.57. The highest BCUT2D eigenvalue weighted by Crippen LogP contribution is 2.51. The Morgan fingerprint density at radius 1 is 1.30 bits per heavy atom. The number of ether oxygens (including phenoxy) is 1. The molecule has 122 valence electrons. The second-order valence-corrected chi connectivity index (χ2v) is 7.65. The van der Waals surface area contributed by atoms with Gasteiger partial charge < -0.3 is 9.15 Å². The van der Waals surface area contributed by atoms with Crippen LogP contribution in [0.1, 0.15) is 43.4 Å². The van der Waals surface area contributed by atoms with Gasteiger partial charge in [-0.15, -0.1) is 0 Å². The molecule has 1 aromatic heterocycles. The van der Waals surface area contributed by atoms with Crippen molar-refractivity contribution in [1.29, 1.82) is 0 Å². The Bertz CT molecular complexity index is 749. The van der Waals surface area contributed by atoms with E-state index in [1.54, 1.807) is 7.11 Å². The zero-order valence-corrected chi connectivity index (χ0v) is 14.0. The van der Waals surface area contributed by atoms with Crippen LogP contribution in [-0.2, 0) is 6.42 Å². The molecule has 4 heterocycles. The molecular formula is C20H25NO2. The number of rotatable bonds is 2. The summed E-state index contributed by atoms with van der Waals surface area (Å²) < 4.78 is 11.9. The van der Waals surface area contributed by atoms with E-state index < -0.39 is 0 Å². The second kappa shape index (κ2) is 5.01. The minimum absolute atomic E-state index is 0.600. The maximum Gasteiger partial charge on any atom is 0.134 e. The highest BCUT2D eigenvalue weighted by molar-refractivity contribution is 5.84. The SMILES string of the molecule is CCC1CC2CC3c4oc5ccc(OC)cc5c4CCN(C2)C13. The highest BCUT2D eigenvalue weighted by Gasteiger charge is 2.49. The Morgan fingerprint density at radius 3 is 3.04 bits per heavy atom. The minimum atomic E-state index is 0.600. The van der Waals surface area contributed by atoms with Crippen LogP contribution in [0.5, 0.6) is 5.75 Å². The quantitative estimate of drug-likeness (QED) is 0.831. The number of hydrogen-bond acceptors (Lipinski definition) is 3. The van der Waals surface area contributed by atoms with Gasteiger partial charge in [0.2, 0.25) is 0 Å². The summed E-state index contributed by atoms with van der Waals surface area (Å²) in [6, 6.07) is 6.96. The van der Waals surface area contributed by atoms with Gasteiger partial charge in [-0.25, -0.2) is 0 Å². The predicted octanol–water partition coefficient (Wildman–Crippen LogP) is 4.20. The lowest BCUT2D eigenvalue weighted by Crippen LogP contribution is -2.56. The first kappa shape index (κ1) is 13.9. The molecule has 3 nitrogen and oxygen atoms in total. The van der Waals surface area contributed by atoms with Crippen molar-refractivity contribution < 1.29 is 9.15 Å². The first-order chi connectivity index (χ1) is 11.3. The van der Waals surface area contributed by atoms with Gasteiger partial charge in [0.15, 0.2) is 0 Å². The number of benzene rings is 1. The fraction of sp³-hybridized carbons (Fsp3) is 0.600. The fourth-order valence-corrected chi connectivity index (χ4v) is 5.64. The number of hydrogen-bond donors (Lipinski definition) is 0. The van der Waals surface area contributed by atoms with Crippen LogP contribution < -0.4 is 4.74 Å². The lowest BCUT2D eigenvalue weighted by molar-refractivity contribution is -0.0169. The molecule has 1 aliphatic carbocycles. The topological polar surface area (TPSA) is 25.6 Å². The van der Waals surface area contributed by atoms with Gasteiger partial charge in [-0.1, -0.05) is 13.3 Å². The molecule has 1 saturated carbocycles. The van der Waals surface area contributed by atoms with Crippen LogP contribution in [-0.4, -0.2) is 31.1 Å². The summed E-state index contributed by atoms with van der Waals surface area (Å²) in [6.07, 6.45) is 5.17. The summed E-state index contributed by atoms with van der Waals surface area (Å²) in [5, 5.41) is 1.28. The number of furan rings is 1. The monoisotopic (exact) mass is 311 g/mol. The lowest BCUT2D eigenvalue weighted by atomic mass is 9.65. The van der Waals surface area contributed by atoms with Crippen molar-refractivity contribution in [2.24, 2.45) is 11.8 Å². The molecule has 6 rings (SSSR count). The Balaban J connectivity index is 1.66. The maximum atomic E-state index is 6.42. The van der Waals surface area contributed by atoms with Crippen molar-refractivity contribution in [2.45, 2.75) is 44.6 Å². The van der Waals surface area contributed by atoms with Gasteiger partial charge in [-0.05, 0) is 49.3 Å². The van der Waals surface area contributed by atoms with E-state index in [0.29, 0.717) is 12.0 Å². The Labute approximate surface area is 137 Å². The fourth-order valence-electron chi connectivity index (χ4n) is 5.64. The molecule has 0 amide bonds. The molecular weight excluding hydrogens is 286 g/mol. The van der Waals surface area contributed by atoms with Crippen LogP contribution in [0.15, 0.2) is 22.6 Å². The van der Waals surface area contributed by atoms with Crippen molar-refractivity contribution in [3.05, 3.63) is 29.5 Å². The molecule has 3 aliphatic heterocycles. The van der Waals surface area contributed by atoms with Crippen LogP contribution in [0.2, 0.25) is 0 Å². The van der Waals surface area contributed by atoms with Gasteiger partial charge in [0.05, 0.1) is 7.11 Å². The Kier molecular flexibility index (Phi) is 3.03. The summed E-state index contributed by atoms with van der Waals surface area (Å²) in [6.45, 7) is 4.86. The Morgan fingerprint density at radius 2 is 2.22 bits per heavy atom. The van der Waals surface area contributed by atoms with E-state index in [1.165, 1.54) is 49.1 Å². The molecule has 1 aromatic carbocycles. The molecule has 0 radical (unpaired) electrons. The molecule has 5 unspecified atom stereocenters. The van der Waals surface area contributed by atoms with E-state index in [4.69, 9.17) is 9.15 Å². The number of methoxy groups -OCH3 is 1. The standard InChI is InChI=1S/C20H25NO2/c1-3-13-8-12-9-17-19(13)21(11-12)7-6-15-16-10-14(22-2)4-5-18(16)23-20(15)17/h4-5,10,12-13,17,19H,3,6-9,11H2,1-2H3. The van der Waals surface area contributed by atoms with Crippen LogP contribution in [0.3, 0.4) is 0 Å². The first-order valence-corrected chi connectivity index (χ1v) is 9.11. The lowest BCUT2D eigenvalue weighted by Gasteiger charge is -2.52. The smallest absolute Gasteiger partial charge is 0.134 e. The van der Waals surface area contributed by atoms with Crippen molar-refractivity contribution in [1.82, 2.24) is 4.90 Å². The molecule has 23 heavy (non-hydrogen) atoms. The number of piperidine rings is 2. The summed E-state index contributed by atoms with van der Waals surface area (Å²) in [5.41, 5.74) is 2.49. The van der Waals surface area contributed by atoms with E-state index >= 15 is 0 Å². The van der Waals surface area contributed by atoms with Gasteiger partial charge in [0, 0.05) is 36.0 Å². The summed E-state index contributed by atoms with van der Waals surface area (Å²) in [7, 11) is 1.74. The molecule has 2 saturated heterocycles. The van der Waals surface area contributed by atoms with Gasteiger partial charge in [0.1, 0.15) is 17.1 Å². The van der Waals surface area contributed by atoms with Gasteiger partial charge >= 0.3 is 0 Å². The van der Waals surface area contributed by atoms with Crippen LogP contribution >= 0.6 is 0 Å². The third kappa shape index (κ3) is 1.92. The van der Waals surface area contributed by atoms with Crippen molar-refractivity contribution >= 4 is 11.0 Å². The molecule has 3 fully saturated rings. The molecule has 3 heteroatoms. The van der Waals surface area contributed by atoms with Crippen molar-refractivity contribution in [3.8, 4) is 5.75 Å². The zero-order chi connectivity index (χ0) is 15.6.